The zero-order valence-corrected chi connectivity index (χ0v) is 15.5. The minimum atomic E-state index is 0.389. The molecule has 5 nitrogen and oxygen atoms in total. The number of fused-ring (bicyclic) bond motifs is 1. The van der Waals surface area contributed by atoms with Crippen molar-refractivity contribution in [3.05, 3.63) is 60.2 Å². The van der Waals surface area contributed by atoms with Crippen molar-refractivity contribution in [2.45, 2.75) is 39.5 Å². The first-order chi connectivity index (χ1) is 12.6. The lowest BCUT2D eigenvalue weighted by Crippen LogP contribution is -2.07. The Morgan fingerprint density at radius 2 is 1.62 bits per heavy atom. The summed E-state index contributed by atoms with van der Waals surface area (Å²) in [5, 5.41) is 8.64. The molecule has 4 rings (SSSR count). The first-order valence-electron chi connectivity index (χ1n) is 8.93. The van der Waals surface area contributed by atoms with Gasteiger partial charge in [0.2, 0.25) is 0 Å². The summed E-state index contributed by atoms with van der Waals surface area (Å²) in [6.45, 7) is 8.85. The molecule has 2 aromatic carbocycles. The third kappa shape index (κ3) is 2.60. The summed E-state index contributed by atoms with van der Waals surface area (Å²) in [5.41, 5.74) is 6.16. The molecule has 5 heteroatoms. The monoisotopic (exact) mass is 346 g/mol. The van der Waals surface area contributed by atoms with E-state index >= 15 is 0 Å². The molecule has 0 aliphatic heterocycles. The quantitative estimate of drug-likeness (QED) is 0.501. The van der Waals surface area contributed by atoms with Gasteiger partial charge >= 0.3 is 0 Å². The Balaban J connectivity index is 2.01. The van der Waals surface area contributed by atoms with E-state index in [1.54, 1.807) is 6.33 Å². The normalized spacial score (nSPS) is 11.8. The van der Waals surface area contributed by atoms with E-state index in [1.165, 1.54) is 17.5 Å². The van der Waals surface area contributed by atoms with Crippen molar-refractivity contribution < 1.29 is 4.42 Å². The number of para-hydroxylation sites is 2. The predicted octanol–water partition coefficient (Wildman–Crippen LogP) is 5.32. The Bertz CT molecular complexity index is 1030. The summed E-state index contributed by atoms with van der Waals surface area (Å²) in [6, 6.07) is 12.4. The van der Waals surface area contributed by atoms with E-state index in [-0.39, 0.29) is 0 Å². The minimum Gasteiger partial charge on any atom is -0.443 e. The van der Waals surface area contributed by atoms with Gasteiger partial charge < -0.3 is 4.42 Å². The lowest BCUT2D eigenvalue weighted by molar-refractivity contribution is 0.602. The number of oxazole rings is 1. The van der Waals surface area contributed by atoms with Gasteiger partial charge in [0.25, 0.3) is 0 Å². The zero-order valence-electron chi connectivity index (χ0n) is 15.5. The Hall–Kier alpha value is -2.95. The van der Waals surface area contributed by atoms with Crippen LogP contribution in [0.1, 0.15) is 50.7 Å². The zero-order chi connectivity index (χ0) is 18.3. The van der Waals surface area contributed by atoms with E-state index in [4.69, 9.17) is 4.42 Å². The van der Waals surface area contributed by atoms with Gasteiger partial charge in [-0.25, -0.2) is 4.98 Å². The molecule has 0 amide bonds. The smallest absolute Gasteiger partial charge is 0.182 e. The highest BCUT2D eigenvalue weighted by atomic mass is 16.3. The van der Waals surface area contributed by atoms with Crippen molar-refractivity contribution in [1.82, 2.24) is 19.7 Å². The van der Waals surface area contributed by atoms with Crippen LogP contribution in [-0.2, 0) is 0 Å². The fourth-order valence-corrected chi connectivity index (χ4v) is 3.43. The summed E-state index contributed by atoms with van der Waals surface area (Å²) >= 11 is 0. The minimum absolute atomic E-state index is 0.389. The number of rotatable bonds is 4. The molecule has 2 aromatic heterocycles. The van der Waals surface area contributed by atoms with Crippen LogP contribution in [-0.4, -0.2) is 19.7 Å². The lowest BCUT2D eigenvalue weighted by Gasteiger charge is -2.21. The van der Waals surface area contributed by atoms with Crippen molar-refractivity contribution in [2.75, 3.05) is 0 Å². The van der Waals surface area contributed by atoms with E-state index in [0.29, 0.717) is 11.8 Å². The molecule has 26 heavy (non-hydrogen) atoms. The summed E-state index contributed by atoms with van der Waals surface area (Å²) in [6.07, 6.45) is 3.26. The summed E-state index contributed by atoms with van der Waals surface area (Å²) in [7, 11) is 0. The highest BCUT2D eigenvalue weighted by Gasteiger charge is 2.21. The predicted molar refractivity (Wildman–Crippen MR) is 103 cm³/mol. The average Bonchev–Trinajstić information content (AvgIpc) is 3.29. The van der Waals surface area contributed by atoms with Crippen molar-refractivity contribution >= 4 is 11.1 Å². The van der Waals surface area contributed by atoms with Crippen molar-refractivity contribution in [1.29, 1.82) is 0 Å². The Kier molecular flexibility index (Phi) is 4.07. The molecule has 0 aliphatic rings. The highest BCUT2D eigenvalue weighted by molar-refractivity contribution is 5.88. The number of hydrogen-bond acceptors (Lipinski definition) is 4. The molecule has 2 heterocycles. The fraction of sp³-hybridized carbons (Fsp3) is 0.286. The molecule has 0 saturated carbocycles. The third-order valence-corrected chi connectivity index (χ3v) is 4.73. The summed E-state index contributed by atoms with van der Waals surface area (Å²) < 4.78 is 7.71. The van der Waals surface area contributed by atoms with Gasteiger partial charge in [-0.2, -0.15) is 0 Å². The molecule has 0 atom stereocenters. The van der Waals surface area contributed by atoms with Crippen LogP contribution in [0.2, 0.25) is 0 Å². The third-order valence-electron chi connectivity index (χ3n) is 4.73. The van der Waals surface area contributed by atoms with E-state index < -0.39 is 0 Å². The first kappa shape index (κ1) is 16.5. The summed E-state index contributed by atoms with van der Waals surface area (Å²) in [4.78, 5) is 4.26. The van der Waals surface area contributed by atoms with Crippen LogP contribution in [0, 0.1) is 0 Å². The van der Waals surface area contributed by atoms with Gasteiger partial charge in [0.15, 0.2) is 17.8 Å². The number of aromatic nitrogens is 4. The summed E-state index contributed by atoms with van der Waals surface area (Å²) in [5.74, 6) is 1.54. The lowest BCUT2D eigenvalue weighted by atomic mass is 9.92. The molecule has 132 valence electrons. The van der Waals surface area contributed by atoms with Gasteiger partial charge in [0.1, 0.15) is 11.8 Å². The van der Waals surface area contributed by atoms with Gasteiger partial charge in [-0.05, 0) is 35.1 Å². The Labute approximate surface area is 152 Å². The molecule has 0 saturated heterocycles. The Morgan fingerprint density at radius 1 is 0.923 bits per heavy atom. The molecular weight excluding hydrogens is 324 g/mol. The standard InChI is InChI=1S/C21H22N4O/c1-13(2)15-7-5-8-16(14(3)4)19(15)25-11-23-24-21(25)17-9-6-10-18-20(17)26-12-22-18/h5-14H,1-4H3. The van der Waals surface area contributed by atoms with E-state index in [2.05, 4.69) is 65.6 Å². The largest absolute Gasteiger partial charge is 0.443 e. The topological polar surface area (TPSA) is 56.7 Å². The molecule has 0 radical (unpaired) electrons. The van der Waals surface area contributed by atoms with Crippen LogP contribution in [0.4, 0.5) is 0 Å². The average molecular weight is 346 g/mol. The van der Waals surface area contributed by atoms with Crippen LogP contribution in [0.15, 0.2) is 53.5 Å². The maximum absolute atomic E-state index is 5.63. The van der Waals surface area contributed by atoms with Crippen LogP contribution in [0.3, 0.4) is 0 Å². The van der Waals surface area contributed by atoms with E-state index in [1.807, 2.05) is 18.2 Å². The highest BCUT2D eigenvalue weighted by Crippen LogP contribution is 2.35. The molecule has 0 spiro atoms. The van der Waals surface area contributed by atoms with E-state index in [0.717, 1.165) is 28.2 Å². The SMILES string of the molecule is CC(C)c1cccc(C(C)C)c1-n1cnnc1-c1cccc2ncoc12. The van der Waals surface area contributed by atoms with Gasteiger partial charge in [0, 0.05) is 0 Å². The second kappa shape index (κ2) is 6.41. The maximum Gasteiger partial charge on any atom is 0.182 e. The molecule has 0 aliphatic carbocycles. The molecule has 0 N–H and O–H groups in total. The molecule has 4 aromatic rings. The Morgan fingerprint density at radius 3 is 2.31 bits per heavy atom. The second-order valence-electron chi connectivity index (χ2n) is 7.13. The van der Waals surface area contributed by atoms with Crippen LogP contribution in [0.25, 0.3) is 28.2 Å². The number of hydrogen-bond donors (Lipinski definition) is 0. The molecule has 0 bridgehead atoms. The molecular formula is C21H22N4O. The number of benzene rings is 2. The van der Waals surface area contributed by atoms with Crippen molar-refractivity contribution in [2.24, 2.45) is 0 Å². The van der Waals surface area contributed by atoms with E-state index in [9.17, 15) is 0 Å². The molecule has 0 fully saturated rings. The van der Waals surface area contributed by atoms with Gasteiger partial charge in [-0.15, -0.1) is 10.2 Å². The first-order valence-corrected chi connectivity index (χ1v) is 8.93. The molecule has 0 unspecified atom stereocenters. The second-order valence-corrected chi connectivity index (χ2v) is 7.13. The van der Waals surface area contributed by atoms with Crippen molar-refractivity contribution in [3.63, 3.8) is 0 Å². The van der Waals surface area contributed by atoms with Gasteiger partial charge in [-0.1, -0.05) is 52.0 Å². The maximum atomic E-state index is 5.63. The van der Waals surface area contributed by atoms with Crippen LogP contribution < -0.4 is 0 Å². The van der Waals surface area contributed by atoms with Crippen LogP contribution >= 0.6 is 0 Å². The number of nitrogens with zero attached hydrogens (tertiary/aromatic N) is 4. The van der Waals surface area contributed by atoms with Crippen molar-refractivity contribution in [3.8, 4) is 17.1 Å². The fourth-order valence-electron chi connectivity index (χ4n) is 3.43. The van der Waals surface area contributed by atoms with Gasteiger partial charge in [-0.3, -0.25) is 4.57 Å². The van der Waals surface area contributed by atoms with Crippen LogP contribution in [0.5, 0.6) is 0 Å². The van der Waals surface area contributed by atoms with Gasteiger partial charge in [0.05, 0.1) is 11.3 Å².